The van der Waals surface area contributed by atoms with E-state index >= 15 is 0 Å². The zero-order valence-electron chi connectivity index (χ0n) is 17.8. The maximum absolute atomic E-state index is 13.7. The molecule has 3 aromatic carbocycles. The average molecular weight is 456 g/mol. The number of rotatable bonds is 10. The number of hydrogen-bond acceptors (Lipinski definition) is 5. The van der Waals surface area contributed by atoms with Crippen LogP contribution in [0, 0.1) is 0 Å². The minimum Gasteiger partial charge on any atom is -0.497 e. The first-order valence-corrected chi connectivity index (χ1v) is 11.5. The molecule has 0 aliphatic heterocycles. The van der Waals surface area contributed by atoms with Crippen molar-refractivity contribution >= 4 is 21.7 Å². The second-order valence-corrected chi connectivity index (χ2v) is 8.89. The average Bonchev–Trinajstić information content (AvgIpc) is 2.81. The van der Waals surface area contributed by atoms with Crippen molar-refractivity contribution in [2.45, 2.75) is 30.9 Å². The summed E-state index contributed by atoms with van der Waals surface area (Å²) < 4.78 is 39.6. The van der Waals surface area contributed by atoms with Crippen molar-refractivity contribution in [1.82, 2.24) is 0 Å². The molecule has 8 heteroatoms. The number of carbonyl (C=O) groups is 1. The van der Waals surface area contributed by atoms with Gasteiger partial charge in [-0.25, -0.2) is 13.2 Å². The van der Waals surface area contributed by atoms with E-state index in [0.717, 1.165) is 5.56 Å². The van der Waals surface area contributed by atoms with Crippen molar-refractivity contribution in [3.8, 4) is 11.5 Å². The summed E-state index contributed by atoms with van der Waals surface area (Å²) in [5.74, 6) is -0.784. The van der Waals surface area contributed by atoms with E-state index in [2.05, 4.69) is 0 Å². The van der Waals surface area contributed by atoms with Crippen LogP contribution in [0.5, 0.6) is 11.5 Å². The predicted molar refractivity (Wildman–Crippen MR) is 122 cm³/mol. The van der Waals surface area contributed by atoms with Gasteiger partial charge < -0.3 is 14.6 Å². The van der Waals surface area contributed by atoms with Crippen LogP contribution in [0.1, 0.15) is 18.9 Å². The molecule has 0 saturated carbocycles. The van der Waals surface area contributed by atoms with Gasteiger partial charge in [0.1, 0.15) is 11.5 Å². The van der Waals surface area contributed by atoms with Gasteiger partial charge in [-0.2, -0.15) is 0 Å². The largest absolute Gasteiger partial charge is 0.497 e. The lowest BCUT2D eigenvalue weighted by molar-refractivity contribution is -0.145. The number of para-hydroxylation sites is 1. The molecule has 1 unspecified atom stereocenters. The molecule has 3 aromatic rings. The fourth-order valence-corrected chi connectivity index (χ4v) is 4.64. The SMILES string of the molecule is CCC(Oc1cc(OC)cc(S(=O)(=O)N(Cc2ccccc2)c2ccccc2)c1)C(=O)O. The molecule has 0 heterocycles. The molecule has 1 N–H and O–H groups in total. The van der Waals surface area contributed by atoms with Crippen molar-refractivity contribution in [1.29, 1.82) is 0 Å². The number of aliphatic carboxylic acids is 1. The lowest BCUT2D eigenvalue weighted by Gasteiger charge is -2.25. The molecule has 0 fully saturated rings. The van der Waals surface area contributed by atoms with Gasteiger partial charge in [0.25, 0.3) is 10.0 Å². The van der Waals surface area contributed by atoms with E-state index < -0.39 is 22.1 Å². The standard InChI is InChI=1S/C24H25NO6S/c1-3-23(24(26)27)31-21-14-20(30-2)15-22(16-21)32(28,29)25(19-12-8-5-9-13-19)17-18-10-6-4-7-11-18/h4-16,23H,3,17H2,1-2H3,(H,26,27). The number of anilines is 1. The molecule has 3 rings (SSSR count). The minimum absolute atomic E-state index is 0.0631. The number of ether oxygens (including phenoxy) is 2. The molecule has 0 aliphatic rings. The van der Waals surface area contributed by atoms with Crippen molar-refractivity contribution < 1.29 is 27.8 Å². The summed E-state index contributed by atoms with van der Waals surface area (Å²) in [5, 5.41) is 9.31. The van der Waals surface area contributed by atoms with E-state index in [4.69, 9.17) is 9.47 Å². The first kappa shape index (κ1) is 23.1. The van der Waals surface area contributed by atoms with E-state index in [9.17, 15) is 18.3 Å². The molecule has 0 saturated heterocycles. The highest BCUT2D eigenvalue weighted by Crippen LogP contribution is 2.31. The van der Waals surface area contributed by atoms with E-state index in [1.807, 2.05) is 36.4 Å². The van der Waals surface area contributed by atoms with Crippen LogP contribution in [-0.4, -0.2) is 32.7 Å². The Morgan fingerprint density at radius 3 is 2.12 bits per heavy atom. The fourth-order valence-electron chi connectivity index (χ4n) is 3.14. The number of hydrogen-bond donors (Lipinski definition) is 1. The first-order valence-electron chi connectivity index (χ1n) is 10.1. The normalized spacial score (nSPS) is 12.1. The molecular weight excluding hydrogens is 430 g/mol. The Morgan fingerprint density at radius 1 is 0.969 bits per heavy atom. The molecule has 0 aromatic heterocycles. The van der Waals surface area contributed by atoms with Crippen LogP contribution in [0.3, 0.4) is 0 Å². The van der Waals surface area contributed by atoms with E-state index in [0.29, 0.717) is 5.69 Å². The van der Waals surface area contributed by atoms with Crippen LogP contribution in [0.25, 0.3) is 0 Å². The van der Waals surface area contributed by atoms with E-state index in [-0.39, 0.29) is 29.4 Å². The number of carboxylic acids is 1. The maximum atomic E-state index is 13.7. The van der Waals surface area contributed by atoms with Gasteiger partial charge >= 0.3 is 5.97 Å². The van der Waals surface area contributed by atoms with E-state index in [1.165, 1.54) is 29.6 Å². The molecule has 0 amide bonds. The molecule has 1 atom stereocenters. The third kappa shape index (κ3) is 5.39. The Hall–Kier alpha value is -3.52. The van der Waals surface area contributed by atoms with Crippen molar-refractivity contribution in [2.24, 2.45) is 0 Å². The van der Waals surface area contributed by atoms with Crippen LogP contribution in [0.4, 0.5) is 5.69 Å². The van der Waals surface area contributed by atoms with Gasteiger partial charge in [-0.05, 0) is 24.1 Å². The molecule has 0 radical (unpaired) electrons. The van der Waals surface area contributed by atoms with Crippen LogP contribution < -0.4 is 13.8 Å². The predicted octanol–water partition coefficient (Wildman–Crippen LogP) is 4.33. The molecule has 168 valence electrons. The highest BCUT2D eigenvalue weighted by atomic mass is 32.2. The maximum Gasteiger partial charge on any atom is 0.344 e. The van der Waals surface area contributed by atoms with Crippen LogP contribution >= 0.6 is 0 Å². The number of benzene rings is 3. The number of methoxy groups -OCH3 is 1. The monoisotopic (exact) mass is 455 g/mol. The topological polar surface area (TPSA) is 93.1 Å². The zero-order valence-corrected chi connectivity index (χ0v) is 18.7. The second kappa shape index (κ2) is 10.2. The molecular formula is C24H25NO6S. The number of nitrogens with zero attached hydrogens (tertiary/aromatic N) is 1. The van der Waals surface area contributed by atoms with Gasteiger partial charge in [0, 0.05) is 18.2 Å². The highest BCUT2D eigenvalue weighted by molar-refractivity contribution is 7.92. The summed E-state index contributed by atoms with van der Waals surface area (Å²) >= 11 is 0. The van der Waals surface area contributed by atoms with Crippen LogP contribution in [-0.2, 0) is 21.4 Å². The summed E-state index contributed by atoms with van der Waals surface area (Å²) in [6, 6.07) is 22.2. The quantitative estimate of drug-likeness (QED) is 0.489. The van der Waals surface area contributed by atoms with Crippen molar-refractivity contribution in [2.75, 3.05) is 11.4 Å². The third-order valence-corrected chi connectivity index (χ3v) is 6.57. The van der Waals surface area contributed by atoms with Gasteiger partial charge in [-0.15, -0.1) is 0 Å². The fraction of sp³-hybridized carbons (Fsp3) is 0.208. The first-order chi connectivity index (χ1) is 15.3. The van der Waals surface area contributed by atoms with Crippen LogP contribution in [0.15, 0.2) is 83.8 Å². The summed E-state index contributed by atoms with van der Waals surface area (Å²) in [6.07, 6.45) is -0.883. The van der Waals surface area contributed by atoms with Gasteiger partial charge in [-0.3, -0.25) is 4.31 Å². The Balaban J connectivity index is 2.07. The number of carboxylic acid groups (broad SMARTS) is 1. The van der Waals surface area contributed by atoms with Crippen LogP contribution in [0.2, 0.25) is 0 Å². The number of sulfonamides is 1. The molecule has 32 heavy (non-hydrogen) atoms. The van der Waals surface area contributed by atoms with Crippen molar-refractivity contribution in [3.05, 3.63) is 84.4 Å². The van der Waals surface area contributed by atoms with Gasteiger partial charge in [-0.1, -0.05) is 55.5 Å². The zero-order chi connectivity index (χ0) is 23.1. The van der Waals surface area contributed by atoms with Crippen molar-refractivity contribution in [3.63, 3.8) is 0 Å². The summed E-state index contributed by atoms with van der Waals surface area (Å²) in [4.78, 5) is 11.3. The lowest BCUT2D eigenvalue weighted by atomic mass is 10.2. The minimum atomic E-state index is -4.04. The Kier molecular flexibility index (Phi) is 7.37. The Morgan fingerprint density at radius 2 is 1.56 bits per heavy atom. The molecule has 7 nitrogen and oxygen atoms in total. The summed E-state index contributed by atoms with van der Waals surface area (Å²) in [7, 11) is -2.64. The van der Waals surface area contributed by atoms with Gasteiger partial charge in [0.15, 0.2) is 6.10 Å². The third-order valence-electron chi connectivity index (χ3n) is 4.82. The second-order valence-electron chi connectivity index (χ2n) is 7.03. The molecule has 0 aliphatic carbocycles. The molecule has 0 spiro atoms. The Bertz CT molecular complexity index is 1150. The van der Waals surface area contributed by atoms with E-state index in [1.54, 1.807) is 31.2 Å². The molecule has 0 bridgehead atoms. The Labute approximate surface area is 187 Å². The highest BCUT2D eigenvalue weighted by Gasteiger charge is 2.27. The van der Waals surface area contributed by atoms with Gasteiger partial charge in [0.2, 0.25) is 0 Å². The lowest BCUT2D eigenvalue weighted by Crippen LogP contribution is -2.31. The summed E-state index contributed by atoms with van der Waals surface area (Å²) in [6.45, 7) is 1.79. The smallest absolute Gasteiger partial charge is 0.344 e. The summed E-state index contributed by atoms with van der Waals surface area (Å²) in [5.41, 5.74) is 1.31. The van der Waals surface area contributed by atoms with Gasteiger partial charge in [0.05, 0.1) is 24.2 Å².